The molecule has 0 aliphatic rings. The van der Waals surface area contributed by atoms with Crippen molar-refractivity contribution in [1.29, 1.82) is 0 Å². The molecule has 4 rings (SSSR count). The number of aryl methyl sites for hydroxylation is 2. The zero-order chi connectivity index (χ0) is 19.8. The van der Waals surface area contributed by atoms with Crippen LogP contribution in [0.4, 0.5) is 10.1 Å². The maximum atomic E-state index is 13.7. The van der Waals surface area contributed by atoms with Crippen molar-refractivity contribution in [2.75, 3.05) is 5.32 Å². The molecule has 2 aromatic heterocycles. The van der Waals surface area contributed by atoms with Crippen molar-refractivity contribution in [2.45, 2.75) is 13.8 Å². The lowest BCUT2D eigenvalue weighted by Gasteiger charge is -2.07. The lowest BCUT2D eigenvalue weighted by molar-refractivity contribution is 0.102. The molecule has 0 saturated carbocycles. The third-order valence-corrected chi connectivity index (χ3v) is 4.56. The van der Waals surface area contributed by atoms with Crippen LogP contribution < -0.4 is 10.7 Å². The number of aromatic amines is 1. The number of aromatic nitrogens is 3. The van der Waals surface area contributed by atoms with Crippen molar-refractivity contribution in [3.63, 3.8) is 0 Å². The number of anilines is 1. The zero-order valence-corrected chi connectivity index (χ0v) is 15.3. The van der Waals surface area contributed by atoms with Gasteiger partial charge in [-0.3, -0.25) is 9.59 Å². The molecule has 0 atom stereocenters. The molecule has 0 radical (unpaired) electrons. The molecule has 0 fully saturated rings. The van der Waals surface area contributed by atoms with Crippen molar-refractivity contribution in [3.8, 4) is 5.69 Å². The number of nitrogens with one attached hydrogen (secondary N) is 2. The Balaban J connectivity index is 1.76. The average molecular weight is 376 g/mol. The standard InChI is InChI=1S/C21H17FN4O2/c1-12-8-9-14(10-17(12)22)24-21(28)16-11-23-20-18(19(16)27)13(2)25-26(20)15-6-4-3-5-7-15/h3-11H,1-2H3,(H,23,27)(H,24,28). The predicted molar refractivity (Wildman–Crippen MR) is 106 cm³/mol. The third kappa shape index (κ3) is 2.96. The Bertz CT molecular complexity index is 1260. The molecule has 2 aromatic carbocycles. The van der Waals surface area contributed by atoms with Crippen molar-refractivity contribution in [2.24, 2.45) is 0 Å². The second kappa shape index (κ2) is 6.77. The molecule has 2 heterocycles. The van der Waals surface area contributed by atoms with E-state index in [9.17, 15) is 14.0 Å². The van der Waals surface area contributed by atoms with Crippen molar-refractivity contribution < 1.29 is 9.18 Å². The Hall–Kier alpha value is -3.74. The van der Waals surface area contributed by atoms with E-state index in [1.54, 1.807) is 30.7 Å². The van der Waals surface area contributed by atoms with Gasteiger partial charge in [-0.05, 0) is 43.7 Å². The molecule has 140 valence electrons. The molecule has 0 saturated heterocycles. The van der Waals surface area contributed by atoms with Gasteiger partial charge in [0.05, 0.1) is 16.8 Å². The molecular weight excluding hydrogens is 359 g/mol. The first-order valence-electron chi connectivity index (χ1n) is 8.69. The smallest absolute Gasteiger partial charge is 0.261 e. The predicted octanol–water partition coefficient (Wildman–Crippen LogP) is 3.72. The van der Waals surface area contributed by atoms with Crippen LogP contribution in [-0.2, 0) is 0 Å². The van der Waals surface area contributed by atoms with Crippen LogP contribution >= 0.6 is 0 Å². The summed E-state index contributed by atoms with van der Waals surface area (Å²) in [5.41, 5.74) is 2.07. The molecule has 0 spiro atoms. The summed E-state index contributed by atoms with van der Waals surface area (Å²) in [5.74, 6) is -1.04. The third-order valence-electron chi connectivity index (χ3n) is 4.56. The van der Waals surface area contributed by atoms with E-state index in [0.717, 1.165) is 5.69 Å². The number of pyridine rings is 1. The Kier molecular flexibility index (Phi) is 4.27. The van der Waals surface area contributed by atoms with E-state index < -0.39 is 17.2 Å². The Labute approximate surface area is 159 Å². The highest BCUT2D eigenvalue weighted by atomic mass is 19.1. The van der Waals surface area contributed by atoms with Gasteiger partial charge in [0.25, 0.3) is 5.91 Å². The molecule has 0 aliphatic carbocycles. The minimum absolute atomic E-state index is 0.0656. The summed E-state index contributed by atoms with van der Waals surface area (Å²) < 4.78 is 15.3. The van der Waals surface area contributed by atoms with Crippen LogP contribution in [0.1, 0.15) is 21.6 Å². The topological polar surface area (TPSA) is 79.8 Å². The number of benzene rings is 2. The number of nitrogens with zero attached hydrogens (tertiary/aromatic N) is 2. The molecule has 6 nitrogen and oxygen atoms in total. The fraction of sp³-hybridized carbons (Fsp3) is 0.0952. The summed E-state index contributed by atoms with van der Waals surface area (Å²) in [4.78, 5) is 28.5. The molecule has 0 bridgehead atoms. The first-order valence-corrected chi connectivity index (χ1v) is 8.69. The highest BCUT2D eigenvalue weighted by Gasteiger charge is 2.19. The van der Waals surface area contributed by atoms with E-state index in [0.29, 0.717) is 22.3 Å². The summed E-state index contributed by atoms with van der Waals surface area (Å²) >= 11 is 0. The monoisotopic (exact) mass is 376 g/mol. The number of halogens is 1. The van der Waals surface area contributed by atoms with Crippen LogP contribution in [0, 0.1) is 19.7 Å². The van der Waals surface area contributed by atoms with Gasteiger partial charge in [0.2, 0.25) is 5.43 Å². The van der Waals surface area contributed by atoms with Crippen LogP contribution in [0.5, 0.6) is 0 Å². The van der Waals surface area contributed by atoms with E-state index >= 15 is 0 Å². The van der Waals surface area contributed by atoms with E-state index in [1.807, 2.05) is 30.3 Å². The van der Waals surface area contributed by atoms with Gasteiger partial charge in [0.15, 0.2) is 0 Å². The maximum Gasteiger partial charge on any atom is 0.261 e. The van der Waals surface area contributed by atoms with Gasteiger partial charge in [0, 0.05) is 11.9 Å². The van der Waals surface area contributed by atoms with E-state index in [-0.39, 0.29) is 11.3 Å². The SMILES string of the molecule is Cc1ccc(NC(=O)c2c[nH]c3c(c(C)nn3-c3ccccc3)c2=O)cc1F. The van der Waals surface area contributed by atoms with Gasteiger partial charge in [-0.25, -0.2) is 9.07 Å². The van der Waals surface area contributed by atoms with Gasteiger partial charge in [0.1, 0.15) is 17.0 Å². The minimum Gasteiger partial charge on any atom is -0.345 e. The first-order chi connectivity index (χ1) is 13.5. The fourth-order valence-corrected chi connectivity index (χ4v) is 3.07. The number of hydrogen-bond acceptors (Lipinski definition) is 3. The Morgan fingerprint density at radius 1 is 1.14 bits per heavy atom. The second-order valence-corrected chi connectivity index (χ2v) is 6.51. The molecule has 2 N–H and O–H groups in total. The average Bonchev–Trinajstić information content (AvgIpc) is 3.03. The molecule has 28 heavy (non-hydrogen) atoms. The highest BCUT2D eigenvalue weighted by molar-refractivity contribution is 6.05. The van der Waals surface area contributed by atoms with Crippen LogP contribution in [-0.4, -0.2) is 20.7 Å². The summed E-state index contributed by atoms with van der Waals surface area (Å²) in [6.07, 6.45) is 1.35. The van der Waals surface area contributed by atoms with Gasteiger partial charge in [-0.2, -0.15) is 5.10 Å². The van der Waals surface area contributed by atoms with Crippen LogP contribution in [0.25, 0.3) is 16.7 Å². The van der Waals surface area contributed by atoms with Crippen molar-refractivity contribution in [1.82, 2.24) is 14.8 Å². The molecule has 1 amide bonds. The number of carbonyl (C=O) groups is 1. The van der Waals surface area contributed by atoms with Gasteiger partial charge >= 0.3 is 0 Å². The van der Waals surface area contributed by atoms with E-state index in [1.165, 1.54) is 12.3 Å². The molecule has 0 unspecified atom stereocenters. The maximum absolute atomic E-state index is 13.7. The van der Waals surface area contributed by atoms with Crippen LogP contribution in [0.15, 0.2) is 59.5 Å². The Morgan fingerprint density at radius 3 is 2.61 bits per heavy atom. The summed E-state index contributed by atoms with van der Waals surface area (Å²) in [6, 6.07) is 13.7. The van der Waals surface area contributed by atoms with Gasteiger partial charge in [-0.15, -0.1) is 0 Å². The number of amides is 1. The number of fused-ring (bicyclic) bond motifs is 1. The van der Waals surface area contributed by atoms with Crippen molar-refractivity contribution in [3.05, 3.63) is 87.6 Å². The lowest BCUT2D eigenvalue weighted by atomic mass is 10.1. The minimum atomic E-state index is -0.613. The molecular formula is C21H17FN4O2. The quantitative estimate of drug-likeness (QED) is 0.572. The van der Waals surface area contributed by atoms with E-state index in [4.69, 9.17) is 0 Å². The largest absolute Gasteiger partial charge is 0.345 e. The number of rotatable bonds is 3. The lowest BCUT2D eigenvalue weighted by Crippen LogP contribution is -2.22. The zero-order valence-electron chi connectivity index (χ0n) is 15.3. The number of H-pyrrole nitrogens is 1. The Morgan fingerprint density at radius 2 is 1.89 bits per heavy atom. The second-order valence-electron chi connectivity index (χ2n) is 6.51. The van der Waals surface area contributed by atoms with Gasteiger partial charge in [-0.1, -0.05) is 24.3 Å². The molecule has 7 heteroatoms. The van der Waals surface area contributed by atoms with Crippen molar-refractivity contribution >= 4 is 22.6 Å². The van der Waals surface area contributed by atoms with E-state index in [2.05, 4.69) is 15.4 Å². The van der Waals surface area contributed by atoms with Gasteiger partial charge < -0.3 is 10.3 Å². The van der Waals surface area contributed by atoms with Crippen LogP contribution in [0.3, 0.4) is 0 Å². The highest BCUT2D eigenvalue weighted by Crippen LogP contribution is 2.18. The number of hydrogen-bond donors (Lipinski definition) is 2. The number of carbonyl (C=O) groups excluding carboxylic acids is 1. The fourth-order valence-electron chi connectivity index (χ4n) is 3.07. The normalized spacial score (nSPS) is 11.0. The summed E-state index contributed by atoms with van der Waals surface area (Å²) in [7, 11) is 0. The molecule has 4 aromatic rings. The molecule has 0 aliphatic heterocycles. The summed E-state index contributed by atoms with van der Waals surface area (Å²) in [6.45, 7) is 3.35. The first kappa shape index (κ1) is 17.7. The summed E-state index contributed by atoms with van der Waals surface area (Å²) in [5, 5.41) is 7.33. The number of para-hydroxylation sites is 1. The van der Waals surface area contributed by atoms with Crippen LogP contribution in [0.2, 0.25) is 0 Å².